The van der Waals surface area contributed by atoms with Crippen LogP contribution in [0.15, 0.2) is 48.8 Å². The number of carbonyl (C=O) groups is 3. The number of pyridine rings is 1. The summed E-state index contributed by atoms with van der Waals surface area (Å²) in [6, 6.07) is 12.2. The molecule has 4 fully saturated rings. The van der Waals surface area contributed by atoms with Gasteiger partial charge in [-0.2, -0.15) is 0 Å². The van der Waals surface area contributed by atoms with Crippen LogP contribution < -0.4 is 31.1 Å². The van der Waals surface area contributed by atoms with E-state index in [1.165, 1.54) is 12.0 Å². The number of likely N-dealkylation sites (N-methyl/N-ethyl adjacent to an activating group) is 1. The smallest absolute Gasteiger partial charge is 0.271 e. The second kappa shape index (κ2) is 15.6. The number of imide groups is 1. The van der Waals surface area contributed by atoms with Gasteiger partial charge in [-0.1, -0.05) is 12.1 Å². The van der Waals surface area contributed by atoms with E-state index in [1.54, 1.807) is 6.20 Å². The molecule has 0 saturated carbocycles. The topological polar surface area (TPSA) is 153 Å². The molecule has 13 nitrogen and oxygen atoms in total. The van der Waals surface area contributed by atoms with Crippen LogP contribution in [0, 0.1) is 5.92 Å². The fraction of sp³-hybridized carbons (Fsp3) is 0.526. The second-order valence-electron chi connectivity index (χ2n) is 14.5. The van der Waals surface area contributed by atoms with E-state index < -0.39 is 5.91 Å². The van der Waals surface area contributed by atoms with E-state index in [-0.39, 0.29) is 23.6 Å². The molecule has 4 saturated heterocycles. The van der Waals surface area contributed by atoms with E-state index in [0.29, 0.717) is 30.5 Å². The Morgan fingerprint density at radius 1 is 0.863 bits per heavy atom. The summed E-state index contributed by atoms with van der Waals surface area (Å²) in [5.41, 5.74) is 8.87. The molecule has 0 aliphatic carbocycles. The SMILES string of the molecule is CN(c1ccc(N2CCC(CN3CCC(c4ccc(Nc5nc(N6CCCCC6)cnc5C(N)=O)cc4)CC3)CC2)nc1)C1CCC(=O)NC1=O. The fourth-order valence-corrected chi connectivity index (χ4v) is 8.06. The lowest BCUT2D eigenvalue weighted by Crippen LogP contribution is -2.51. The molecular formula is C38H50N10O3. The van der Waals surface area contributed by atoms with Crippen LogP contribution in [0.1, 0.15) is 79.8 Å². The normalized spacial score (nSPS) is 21.0. The number of carbonyl (C=O) groups excluding carboxylic acids is 3. The number of nitrogens with two attached hydrogens (primary N) is 1. The van der Waals surface area contributed by atoms with E-state index in [9.17, 15) is 14.4 Å². The zero-order valence-corrected chi connectivity index (χ0v) is 29.6. The molecule has 4 N–H and O–H groups in total. The molecule has 1 atom stereocenters. The number of amides is 3. The Hall–Kier alpha value is -4.78. The van der Waals surface area contributed by atoms with Gasteiger partial charge in [0.15, 0.2) is 11.5 Å². The molecule has 0 spiro atoms. The van der Waals surface area contributed by atoms with Gasteiger partial charge in [0, 0.05) is 51.9 Å². The van der Waals surface area contributed by atoms with Crippen molar-refractivity contribution < 1.29 is 14.4 Å². The predicted molar refractivity (Wildman–Crippen MR) is 199 cm³/mol. The average molecular weight is 695 g/mol. The standard InChI is InChI=1S/C38H50N10O3/c1-45(31-10-12-34(49)44-38(31)51)30-9-11-32(40-23-30)48-21-13-26(14-22-48)25-46-19-15-28(16-20-46)27-5-7-29(8-6-27)42-37-35(36(39)50)41-24-33(43-37)47-17-3-2-4-18-47/h5-9,11,23-24,26,28,31H,2-4,10,12-22,25H2,1H3,(H2,39,50)(H,42,43)(H,44,49,51). The molecular weight excluding hydrogens is 644 g/mol. The number of aromatic nitrogens is 3. The maximum Gasteiger partial charge on any atom is 0.271 e. The first kappa shape index (κ1) is 34.7. The molecule has 51 heavy (non-hydrogen) atoms. The van der Waals surface area contributed by atoms with Crippen molar-refractivity contribution in [2.75, 3.05) is 72.9 Å². The van der Waals surface area contributed by atoms with E-state index in [2.05, 4.69) is 54.6 Å². The number of nitrogens with zero attached hydrogens (tertiary/aromatic N) is 7. The van der Waals surface area contributed by atoms with Gasteiger partial charge < -0.3 is 30.7 Å². The van der Waals surface area contributed by atoms with Crippen LogP contribution in [-0.4, -0.2) is 96.5 Å². The molecule has 4 aliphatic rings. The van der Waals surface area contributed by atoms with Gasteiger partial charge in [0.05, 0.1) is 18.1 Å². The molecule has 3 amide bonds. The number of primary amides is 1. The van der Waals surface area contributed by atoms with Crippen LogP contribution in [0.25, 0.3) is 0 Å². The van der Waals surface area contributed by atoms with Gasteiger partial charge in [0.1, 0.15) is 17.7 Å². The van der Waals surface area contributed by atoms with Crippen molar-refractivity contribution in [1.29, 1.82) is 0 Å². The summed E-state index contributed by atoms with van der Waals surface area (Å²) in [6.45, 7) is 7.23. The lowest BCUT2D eigenvalue weighted by atomic mass is 9.88. The van der Waals surface area contributed by atoms with Crippen LogP contribution in [0.5, 0.6) is 0 Å². The van der Waals surface area contributed by atoms with Crippen LogP contribution in [0.2, 0.25) is 0 Å². The number of piperidine rings is 4. The van der Waals surface area contributed by atoms with Crippen molar-refractivity contribution in [1.82, 2.24) is 25.2 Å². The quantitative estimate of drug-likeness (QED) is 0.264. The van der Waals surface area contributed by atoms with Gasteiger partial charge in [-0.25, -0.2) is 15.0 Å². The fourth-order valence-electron chi connectivity index (χ4n) is 8.06. The minimum atomic E-state index is -0.593. The summed E-state index contributed by atoms with van der Waals surface area (Å²) >= 11 is 0. The molecule has 1 aromatic carbocycles. The minimum Gasteiger partial charge on any atom is -0.364 e. The minimum absolute atomic E-state index is 0.153. The Morgan fingerprint density at radius 3 is 2.25 bits per heavy atom. The second-order valence-corrected chi connectivity index (χ2v) is 14.5. The monoisotopic (exact) mass is 694 g/mol. The molecule has 3 aromatic rings. The van der Waals surface area contributed by atoms with Crippen molar-refractivity contribution in [3.8, 4) is 0 Å². The van der Waals surface area contributed by atoms with E-state index in [4.69, 9.17) is 15.7 Å². The largest absolute Gasteiger partial charge is 0.364 e. The number of nitrogens with one attached hydrogen (secondary N) is 2. The van der Waals surface area contributed by atoms with Gasteiger partial charge in [0.25, 0.3) is 5.91 Å². The molecule has 0 bridgehead atoms. The lowest BCUT2D eigenvalue weighted by Gasteiger charge is -2.38. The van der Waals surface area contributed by atoms with Crippen molar-refractivity contribution >= 4 is 46.5 Å². The Bertz CT molecular complexity index is 1680. The summed E-state index contributed by atoms with van der Waals surface area (Å²) in [5, 5.41) is 5.75. The van der Waals surface area contributed by atoms with Gasteiger partial charge in [-0.3, -0.25) is 19.7 Å². The van der Waals surface area contributed by atoms with Crippen LogP contribution in [-0.2, 0) is 9.59 Å². The lowest BCUT2D eigenvalue weighted by molar-refractivity contribution is -0.134. The van der Waals surface area contributed by atoms with Crippen molar-refractivity contribution in [2.24, 2.45) is 11.7 Å². The first-order chi connectivity index (χ1) is 24.8. The Morgan fingerprint density at radius 2 is 1.59 bits per heavy atom. The molecule has 270 valence electrons. The molecule has 1 unspecified atom stereocenters. The maximum atomic E-state index is 12.3. The number of benzene rings is 1. The number of hydrogen-bond donors (Lipinski definition) is 3. The van der Waals surface area contributed by atoms with Gasteiger partial charge in [-0.05, 0) is 106 Å². The summed E-state index contributed by atoms with van der Waals surface area (Å²) in [5.74, 6) is 2.33. The van der Waals surface area contributed by atoms with Crippen molar-refractivity contribution in [3.05, 3.63) is 60.0 Å². The third-order valence-electron chi connectivity index (χ3n) is 11.2. The van der Waals surface area contributed by atoms with Crippen molar-refractivity contribution in [3.63, 3.8) is 0 Å². The summed E-state index contributed by atoms with van der Waals surface area (Å²) in [7, 11) is 1.88. The number of anilines is 5. The van der Waals surface area contributed by atoms with Gasteiger partial charge >= 0.3 is 0 Å². The number of rotatable bonds is 10. The Kier molecular flexibility index (Phi) is 10.6. The van der Waals surface area contributed by atoms with Crippen LogP contribution in [0.3, 0.4) is 0 Å². The molecule has 6 heterocycles. The predicted octanol–water partition coefficient (Wildman–Crippen LogP) is 4.04. The van der Waals surface area contributed by atoms with Crippen molar-refractivity contribution in [2.45, 2.75) is 69.7 Å². The van der Waals surface area contributed by atoms with E-state index >= 15 is 0 Å². The highest BCUT2D eigenvalue weighted by atomic mass is 16.2. The first-order valence-corrected chi connectivity index (χ1v) is 18.6. The first-order valence-electron chi connectivity index (χ1n) is 18.6. The van der Waals surface area contributed by atoms with Crippen LogP contribution >= 0.6 is 0 Å². The summed E-state index contributed by atoms with van der Waals surface area (Å²) in [4.78, 5) is 58.9. The molecule has 13 heteroatoms. The third-order valence-corrected chi connectivity index (χ3v) is 11.2. The highest BCUT2D eigenvalue weighted by Gasteiger charge is 2.31. The molecule has 7 rings (SSSR count). The average Bonchev–Trinajstić information content (AvgIpc) is 3.16. The highest BCUT2D eigenvalue weighted by Crippen LogP contribution is 2.32. The highest BCUT2D eigenvalue weighted by molar-refractivity contribution is 6.01. The Balaban J connectivity index is 0.861. The third kappa shape index (κ3) is 8.24. The molecule has 4 aliphatic heterocycles. The summed E-state index contributed by atoms with van der Waals surface area (Å²) < 4.78 is 0. The van der Waals surface area contributed by atoms with E-state index in [0.717, 1.165) is 107 Å². The zero-order valence-electron chi connectivity index (χ0n) is 29.6. The number of likely N-dealkylation sites (tertiary alicyclic amines) is 1. The maximum absolute atomic E-state index is 12.3. The molecule has 0 radical (unpaired) electrons. The number of hydrogen-bond acceptors (Lipinski definition) is 11. The Labute approximate surface area is 300 Å². The molecule has 2 aromatic heterocycles. The zero-order chi connectivity index (χ0) is 35.3. The van der Waals surface area contributed by atoms with Crippen LogP contribution in [0.4, 0.5) is 28.8 Å². The van der Waals surface area contributed by atoms with Gasteiger partial charge in [0.2, 0.25) is 11.8 Å². The van der Waals surface area contributed by atoms with E-state index in [1.807, 2.05) is 30.3 Å². The summed E-state index contributed by atoms with van der Waals surface area (Å²) in [6.07, 6.45) is 12.4. The van der Waals surface area contributed by atoms with Gasteiger partial charge in [-0.15, -0.1) is 0 Å².